The van der Waals surface area contributed by atoms with Crippen molar-refractivity contribution < 1.29 is 19.2 Å². The van der Waals surface area contributed by atoms with Crippen molar-refractivity contribution in [3.05, 3.63) is 95.1 Å². The second-order valence-electron chi connectivity index (χ2n) is 10.6. The quantitative estimate of drug-likeness (QED) is 0.125. The zero-order valence-corrected chi connectivity index (χ0v) is 20.0. The lowest BCUT2D eigenvalue weighted by Gasteiger charge is -2.20. The molecule has 0 unspecified atom stereocenters. The predicted molar refractivity (Wildman–Crippen MR) is 149 cm³/mol. The van der Waals surface area contributed by atoms with E-state index in [1.54, 1.807) is 0 Å². The molecule has 176 valence electrons. The van der Waals surface area contributed by atoms with E-state index in [2.05, 4.69) is 24.3 Å². The third-order valence-corrected chi connectivity index (χ3v) is 8.65. The van der Waals surface area contributed by atoms with Crippen LogP contribution in [0.25, 0.3) is 64.6 Å². The van der Waals surface area contributed by atoms with E-state index in [9.17, 15) is 19.2 Å². The summed E-state index contributed by atoms with van der Waals surface area (Å²) in [6, 6.07) is 24.0. The smallest absolute Gasteiger partial charge is 0.171 e. The molecule has 0 N–H and O–H groups in total. The summed E-state index contributed by atoms with van der Waals surface area (Å²) in [5.41, 5.74) is 2.50. The van der Waals surface area contributed by atoms with E-state index in [0.717, 1.165) is 64.6 Å². The Bertz CT molecular complexity index is 2150. The maximum absolute atomic E-state index is 12.7. The number of hydrogen-bond acceptors (Lipinski definition) is 4. The molecule has 0 aromatic heterocycles. The van der Waals surface area contributed by atoms with Crippen molar-refractivity contribution in [2.24, 2.45) is 0 Å². The number of benzene rings is 7. The lowest BCUT2D eigenvalue weighted by molar-refractivity contribution is 0.0874. The highest BCUT2D eigenvalue weighted by atomic mass is 16.2. The summed E-state index contributed by atoms with van der Waals surface area (Å²) >= 11 is 0. The maximum Gasteiger partial charge on any atom is 0.171 e. The van der Waals surface area contributed by atoms with E-state index in [1.807, 2.05) is 48.5 Å². The first-order chi connectivity index (χ1) is 18.5. The molecule has 0 bridgehead atoms. The number of Topliss-reactive ketones (excluding diaryl/α,β-unsaturated/α-hetero) is 4. The zero-order valence-electron chi connectivity index (χ0n) is 20.0. The van der Waals surface area contributed by atoms with Gasteiger partial charge in [0, 0.05) is 33.0 Å². The second-order valence-corrected chi connectivity index (χ2v) is 10.6. The van der Waals surface area contributed by atoms with E-state index in [1.165, 1.54) is 0 Å². The molecule has 0 spiro atoms. The summed E-state index contributed by atoms with van der Waals surface area (Å²) in [5, 5.41) is 11.7. The lowest BCUT2D eigenvalue weighted by atomic mass is 9.81. The number of rotatable bonds is 0. The van der Waals surface area contributed by atoms with Crippen LogP contribution < -0.4 is 0 Å². The minimum atomic E-state index is -0.121. The Kier molecular flexibility index (Phi) is 3.43. The normalized spacial score (nSPS) is 15.4. The summed E-state index contributed by atoms with van der Waals surface area (Å²) < 4.78 is 0. The Labute approximate surface area is 214 Å². The summed E-state index contributed by atoms with van der Waals surface area (Å²) in [7, 11) is 0. The highest BCUT2D eigenvalue weighted by Gasteiger charge is 2.28. The Morgan fingerprint density at radius 2 is 0.711 bits per heavy atom. The first-order valence-electron chi connectivity index (χ1n) is 12.7. The van der Waals surface area contributed by atoms with Crippen LogP contribution in [0.1, 0.15) is 54.3 Å². The number of ketones is 4. The average Bonchev–Trinajstić information content (AvgIpc) is 2.91. The monoisotopic (exact) mass is 488 g/mol. The van der Waals surface area contributed by atoms with Crippen molar-refractivity contribution in [1.82, 2.24) is 0 Å². The fourth-order valence-electron chi connectivity index (χ4n) is 7.01. The molecular weight excluding hydrogens is 472 g/mol. The van der Waals surface area contributed by atoms with Gasteiger partial charge in [-0.3, -0.25) is 19.2 Å². The van der Waals surface area contributed by atoms with Gasteiger partial charge >= 0.3 is 0 Å². The summed E-state index contributed by atoms with van der Waals surface area (Å²) in [4.78, 5) is 50.8. The van der Waals surface area contributed by atoms with Gasteiger partial charge in [0.2, 0.25) is 0 Å². The fourth-order valence-corrected chi connectivity index (χ4v) is 7.01. The summed E-state index contributed by atoms with van der Waals surface area (Å²) in [5.74, 6) is -0.484. The standard InChI is InChI=1S/C34H16O4/c35-27-13-29(37)23-7-5-19-25-12-18-10-16-2-4-22-28(36)14-30(38)24-8-6-20(32(16)34(22)24)26(18)11-17(25)9-15-1-3-21(27)33(23)31(15)19/h1-12H,13-14H2. The van der Waals surface area contributed by atoms with Gasteiger partial charge in [0.25, 0.3) is 0 Å². The molecule has 38 heavy (non-hydrogen) atoms. The third kappa shape index (κ3) is 2.27. The van der Waals surface area contributed by atoms with Gasteiger partial charge in [-0.25, -0.2) is 0 Å². The largest absolute Gasteiger partial charge is 0.294 e. The molecule has 0 heterocycles. The van der Waals surface area contributed by atoms with Gasteiger partial charge in [0.15, 0.2) is 23.1 Å². The SMILES string of the molecule is O=C1CC(=O)c2ccc3c4cc5cc6ccc7c8c(ccc(c5cc4cc4ccc1c2c43)c68)C(=O)CC7=O. The van der Waals surface area contributed by atoms with Gasteiger partial charge in [-0.2, -0.15) is 0 Å². The Morgan fingerprint density at radius 3 is 1.11 bits per heavy atom. The van der Waals surface area contributed by atoms with Gasteiger partial charge in [-0.1, -0.05) is 48.5 Å². The molecule has 7 aromatic carbocycles. The number of carbonyl (C=O) groups excluding carboxylic acids is 4. The van der Waals surface area contributed by atoms with Crippen molar-refractivity contribution in [3.8, 4) is 0 Å². The van der Waals surface area contributed by atoms with Crippen molar-refractivity contribution in [2.75, 3.05) is 0 Å². The van der Waals surface area contributed by atoms with E-state index >= 15 is 0 Å². The molecule has 0 radical (unpaired) electrons. The zero-order chi connectivity index (χ0) is 25.4. The first kappa shape index (κ1) is 20.1. The first-order valence-corrected chi connectivity index (χ1v) is 12.7. The highest BCUT2D eigenvalue weighted by Crippen LogP contribution is 2.44. The summed E-state index contributed by atoms with van der Waals surface area (Å²) in [6.45, 7) is 0. The number of hydrogen-bond donors (Lipinski definition) is 0. The van der Waals surface area contributed by atoms with Crippen LogP contribution in [0.3, 0.4) is 0 Å². The van der Waals surface area contributed by atoms with Crippen molar-refractivity contribution in [1.29, 1.82) is 0 Å². The number of carbonyl (C=O) groups is 4. The molecule has 9 rings (SSSR count). The van der Waals surface area contributed by atoms with Crippen LogP contribution in [-0.2, 0) is 0 Å². The molecule has 0 saturated carbocycles. The Morgan fingerprint density at radius 1 is 0.342 bits per heavy atom. The van der Waals surface area contributed by atoms with Crippen LogP contribution in [0.2, 0.25) is 0 Å². The van der Waals surface area contributed by atoms with Gasteiger partial charge in [0.05, 0.1) is 12.8 Å². The topological polar surface area (TPSA) is 68.3 Å². The maximum atomic E-state index is 12.7. The highest BCUT2D eigenvalue weighted by molar-refractivity contribution is 6.37. The fraction of sp³-hybridized carbons (Fsp3) is 0.0588. The summed E-state index contributed by atoms with van der Waals surface area (Å²) in [6.07, 6.45) is -0.149. The van der Waals surface area contributed by atoms with Crippen molar-refractivity contribution in [2.45, 2.75) is 12.8 Å². The predicted octanol–water partition coefficient (Wildman–Crippen LogP) is 7.58. The van der Waals surface area contributed by atoms with E-state index in [0.29, 0.717) is 22.3 Å². The molecule has 2 aliphatic carbocycles. The van der Waals surface area contributed by atoms with Crippen LogP contribution in [0.4, 0.5) is 0 Å². The van der Waals surface area contributed by atoms with Gasteiger partial charge in [0.1, 0.15) is 0 Å². The van der Waals surface area contributed by atoms with E-state index in [4.69, 9.17) is 0 Å². The van der Waals surface area contributed by atoms with Crippen molar-refractivity contribution >= 4 is 87.8 Å². The Hall–Kier alpha value is -4.96. The van der Waals surface area contributed by atoms with Gasteiger partial charge in [-0.05, 0) is 78.1 Å². The molecule has 0 amide bonds. The minimum absolute atomic E-state index is 0.0743. The van der Waals surface area contributed by atoms with Crippen LogP contribution in [0.15, 0.2) is 72.8 Å². The van der Waals surface area contributed by atoms with E-state index < -0.39 is 0 Å². The molecular formula is C34H16O4. The molecule has 0 saturated heterocycles. The minimum Gasteiger partial charge on any atom is -0.294 e. The van der Waals surface area contributed by atoms with Gasteiger partial charge in [-0.15, -0.1) is 0 Å². The van der Waals surface area contributed by atoms with Crippen LogP contribution in [0.5, 0.6) is 0 Å². The molecule has 0 fully saturated rings. The van der Waals surface area contributed by atoms with Crippen molar-refractivity contribution in [3.63, 3.8) is 0 Å². The second kappa shape index (κ2) is 6.48. The molecule has 4 nitrogen and oxygen atoms in total. The Balaban J connectivity index is 1.46. The molecule has 0 atom stereocenters. The third-order valence-electron chi connectivity index (χ3n) is 8.65. The average molecular weight is 488 g/mol. The molecule has 7 aromatic rings. The van der Waals surface area contributed by atoms with Crippen LogP contribution in [-0.4, -0.2) is 23.1 Å². The van der Waals surface area contributed by atoms with Crippen LogP contribution >= 0.6 is 0 Å². The molecule has 4 heteroatoms. The molecule has 0 aliphatic heterocycles. The van der Waals surface area contributed by atoms with Gasteiger partial charge < -0.3 is 0 Å². The van der Waals surface area contributed by atoms with Crippen LogP contribution in [0, 0.1) is 0 Å². The lowest BCUT2D eigenvalue weighted by Crippen LogP contribution is -2.16. The molecule has 2 aliphatic rings. The number of fused-ring (bicyclic) bond motifs is 4. The van der Waals surface area contributed by atoms with E-state index in [-0.39, 0.29) is 36.0 Å².